The first-order chi connectivity index (χ1) is 11.1. The molecule has 1 amide bonds. The van der Waals surface area contributed by atoms with E-state index in [0.29, 0.717) is 32.0 Å². The monoisotopic (exact) mass is 340 g/mol. The highest BCUT2D eigenvalue weighted by Crippen LogP contribution is 2.34. The zero-order valence-corrected chi connectivity index (χ0v) is 13.4. The standard InChI is InChI=1S/C16H18ClFN2O3/c17-12-2-1-11(9-13(12)18)20-5-3-14(15(20)21)19-6-4-16(10-19)22-7-8-23-16/h1-2,9,14H,3-8,10H2/t14-/m1/s1. The van der Waals surface area contributed by atoms with Crippen LogP contribution in [0.5, 0.6) is 0 Å². The van der Waals surface area contributed by atoms with E-state index in [9.17, 15) is 9.18 Å². The van der Waals surface area contributed by atoms with E-state index in [4.69, 9.17) is 21.1 Å². The number of benzene rings is 1. The molecule has 0 aromatic heterocycles. The number of ether oxygens (including phenoxy) is 2. The molecule has 1 aromatic carbocycles. The van der Waals surface area contributed by atoms with Gasteiger partial charge in [-0.1, -0.05) is 11.6 Å². The van der Waals surface area contributed by atoms with Crippen molar-refractivity contribution in [2.24, 2.45) is 0 Å². The number of amides is 1. The summed E-state index contributed by atoms with van der Waals surface area (Å²) >= 11 is 5.71. The average molecular weight is 341 g/mol. The highest BCUT2D eigenvalue weighted by Gasteiger charge is 2.48. The molecule has 0 radical (unpaired) electrons. The number of rotatable bonds is 2. The number of hydrogen-bond acceptors (Lipinski definition) is 4. The first kappa shape index (κ1) is 15.3. The first-order valence-electron chi connectivity index (χ1n) is 7.86. The molecule has 23 heavy (non-hydrogen) atoms. The second-order valence-electron chi connectivity index (χ2n) is 6.22. The summed E-state index contributed by atoms with van der Waals surface area (Å²) in [6.07, 6.45) is 1.51. The van der Waals surface area contributed by atoms with Gasteiger partial charge in [-0.15, -0.1) is 0 Å². The van der Waals surface area contributed by atoms with Crippen LogP contribution in [0.3, 0.4) is 0 Å². The average Bonchev–Trinajstić information content (AvgIpc) is 3.24. The molecule has 0 unspecified atom stereocenters. The molecule has 0 bridgehead atoms. The molecular formula is C16H18ClFN2O3. The Hall–Kier alpha value is -1.21. The molecule has 3 aliphatic heterocycles. The number of anilines is 1. The number of carbonyl (C=O) groups is 1. The molecule has 3 heterocycles. The molecule has 3 fully saturated rings. The van der Waals surface area contributed by atoms with Crippen LogP contribution in [0.1, 0.15) is 12.8 Å². The Kier molecular flexibility index (Phi) is 3.80. The number of likely N-dealkylation sites (tertiary alicyclic amines) is 1. The number of hydrogen-bond donors (Lipinski definition) is 0. The van der Waals surface area contributed by atoms with Crippen LogP contribution < -0.4 is 4.90 Å². The van der Waals surface area contributed by atoms with E-state index >= 15 is 0 Å². The zero-order valence-electron chi connectivity index (χ0n) is 12.6. The van der Waals surface area contributed by atoms with Crippen LogP contribution in [-0.4, -0.2) is 55.5 Å². The molecule has 3 aliphatic rings. The van der Waals surface area contributed by atoms with Gasteiger partial charge in [0.15, 0.2) is 5.79 Å². The summed E-state index contributed by atoms with van der Waals surface area (Å²) in [6.45, 7) is 3.20. The third kappa shape index (κ3) is 2.63. The minimum Gasteiger partial charge on any atom is -0.346 e. The number of nitrogens with zero attached hydrogens (tertiary/aromatic N) is 2. The van der Waals surface area contributed by atoms with E-state index in [2.05, 4.69) is 4.90 Å². The Bertz CT molecular complexity index is 636. The van der Waals surface area contributed by atoms with E-state index in [0.717, 1.165) is 19.4 Å². The van der Waals surface area contributed by atoms with Crippen LogP contribution in [0.15, 0.2) is 18.2 Å². The summed E-state index contributed by atoms with van der Waals surface area (Å²) in [6, 6.07) is 4.29. The Morgan fingerprint density at radius 2 is 2.04 bits per heavy atom. The van der Waals surface area contributed by atoms with Gasteiger partial charge < -0.3 is 14.4 Å². The van der Waals surface area contributed by atoms with Crippen LogP contribution in [0.4, 0.5) is 10.1 Å². The zero-order chi connectivity index (χ0) is 16.0. The van der Waals surface area contributed by atoms with Crippen molar-refractivity contribution in [1.82, 2.24) is 4.90 Å². The van der Waals surface area contributed by atoms with Crippen molar-refractivity contribution in [3.8, 4) is 0 Å². The summed E-state index contributed by atoms with van der Waals surface area (Å²) in [7, 11) is 0. The molecular weight excluding hydrogens is 323 g/mol. The normalized spacial score (nSPS) is 27.5. The predicted molar refractivity (Wildman–Crippen MR) is 83.0 cm³/mol. The van der Waals surface area contributed by atoms with Crippen LogP contribution in [-0.2, 0) is 14.3 Å². The van der Waals surface area contributed by atoms with Gasteiger partial charge >= 0.3 is 0 Å². The van der Waals surface area contributed by atoms with E-state index in [1.54, 1.807) is 11.0 Å². The number of halogens is 2. The van der Waals surface area contributed by atoms with Crippen LogP contribution in [0.25, 0.3) is 0 Å². The van der Waals surface area contributed by atoms with Crippen molar-refractivity contribution in [3.05, 3.63) is 29.0 Å². The fourth-order valence-electron chi connectivity index (χ4n) is 3.69. The Balaban J connectivity index is 1.48. The molecule has 124 valence electrons. The lowest BCUT2D eigenvalue weighted by Gasteiger charge is -2.26. The molecule has 4 rings (SSSR count). The Labute approximate surface area is 138 Å². The summed E-state index contributed by atoms with van der Waals surface area (Å²) in [4.78, 5) is 16.5. The van der Waals surface area contributed by atoms with E-state index in [1.807, 2.05) is 0 Å². The molecule has 1 spiro atoms. The van der Waals surface area contributed by atoms with E-state index < -0.39 is 11.6 Å². The van der Waals surface area contributed by atoms with Gasteiger partial charge in [0.05, 0.1) is 30.8 Å². The van der Waals surface area contributed by atoms with Gasteiger partial charge in [-0.25, -0.2) is 4.39 Å². The Morgan fingerprint density at radius 3 is 2.78 bits per heavy atom. The van der Waals surface area contributed by atoms with Crippen molar-refractivity contribution < 1.29 is 18.7 Å². The minimum absolute atomic E-state index is 0.00164. The molecule has 1 aromatic rings. The summed E-state index contributed by atoms with van der Waals surface area (Å²) in [5, 5.41) is 0.0639. The van der Waals surface area contributed by atoms with Crippen molar-refractivity contribution in [2.75, 3.05) is 37.7 Å². The SMILES string of the molecule is O=C1[C@H](N2CCC3(C2)OCCO3)CCN1c1ccc(Cl)c(F)c1. The summed E-state index contributed by atoms with van der Waals surface area (Å²) in [5.74, 6) is -1.03. The minimum atomic E-state index is -0.528. The maximum Gasteiger partial charge on any atom is 0.244 e. The third-order valence-corrected chi connectivity index (χ3v) is 5.18. The maximum absolute atomic E-state index is 13.6. The quantitative estimate of drug-likeness (QED) is 0.826. The van der Waals surface area contributed by atoms with Crippen molar-refractivity contribution >= 4 is 23.2 Å². The maximum atomic E-state index is 13.6. The van der Waals surface area contributed by atoms with Crippen LogP contribution in [0.2, 0.25) is 5.02 Å². The second kappa shape index (κ2) is 5.70. The van der Waals surface area contributed by atoms with Gasteiger partial charge in [0.2, 0.25) is 5.91 Å². The molecule has 0 aliphatic carbocycles. The Morgan fingerprint density at radius 1 is 1.26 bits per heavy atom. The van der Waals surface area contributed by atoms with Crippen molar-refractivity contribution in [2.45, 2.75) is 24.7 Å². The third-order valence-electron chi connectivity index (χ3n) is 4.87. The lowest BCUT2D eigenvalue weighted by atomic mass is 10.2. The molecule has 7 heteroatoms. The lowest BCUT2D eigenvalue weighted by Crippen LogP contribution is -2.43. The fourth-order valence-corrected chi connectivity index (χ4v) is 3.81. The lowest BCUT2D eigenvalue weighted by molar-refractivity contribution is -0.147. The van der Waals surface area contributed by atoms with Gasteiger partial charge in [0.25, 0.3) is 0 Å². The first-order valence-corrected chi connectivity index (χ1v) is 8.24. The van der Waals surface area contributed by atoms with Gasteiger partial charge in [-0.2, -0.15) is 0 Å². The molecule has 1 atom stereocenters. The number of carbonyl (C=O) groups excluding carboxylic acids is 1. The highest BCUT2D eigenvalue weighted by molar-refractivity contribution is 6.30. The van der Waals surface area contributed by atoms with E-state index in [1.165, 1.54) is 12.1 Å². The topological polar surface area (TPSA) is 42.0 Å². The highest BCUT2D eigenvalue weighted by atomic mass is 35.5. The largest absolute Gasteiger partial charge is 0.346 e. The molecule has 0 saturated carbocycles. The van der Waals surface area contributed by atoms with Gasteiger partial charge in [-0.3, -0.25) is 9.69 Å². The molecule has 5 nitrogen and oxygen atoms in total. The fraction of sp³-hybridized carbons (Fsp3) is 0.562. The van der Waals surface area contributed by atoms with Crippen molar-refractivity contribution in [3.63, 3.8) is 0 Å². The predicted octanol–water partition coefficient (Wildman–Crippen LogP) is 2.03. The van der Waals surface area contributed by atoms with Gasteiger partial charge in [-0.05, 0) is 24.6 Å². The molecule has 0 N–H and O–H groups in total. The van der Waals surface area contributed by atoms with Gasteiger partial charge in [0, 0.05) is 25.2 Å². The van der Waals surface area contributed by atoms with Crippen LogP contribution in [0, 0.1) is 5.82 Å². The van der Waals surface area contributed by atoms with Crippen molar-refractivity contribution in [1.29, 1.82) is 0 Å². The molecule has 3 saturated heterocycles. The second-order valence-corrected chi connectivity index (χ2v) is 6.63. The van der Waals surface area contributed by atoms with Gasteiger partial charge in [0.1, 0.15) is 5.82 Å². The summed E-state index contributed by atoms with van der Waals surface area (Å²) in [5.41, 5.74) is 0.557. The smallest absolute Gasteiger partial charge is 0.244 e. The summed E-state index contributed by atoms with van der Waals surface area (Å²) < 4.78 is 25.1. The van der Waals surface area contributed by atoms with E-state index in [-0.39, 0.29) is 17.0 Å². The van der Waals surface area contributed by atoms with Crippen LogP contribution >= 0.6 is 11.6 Å².